The van der Waals surface area contributed by atoms with Crippen LogP contribution in [-0.4, -0.2) is 20.9 Å². The van der Waals surface area contributed by atoms with Gasteiger partial charge in [0.05, 0.1) is 5.70 Å². The van der Waals surface area contributed by atoms with Crippen LogP contribution in [0.4, 0.5) is 0 Å². The van der Waals surface area contributed by atoms with Gasteiger partial charge < -0.3 is 20.7 Å². The molecule has 2 rings (SSSR count). The van der Waals surface area contributed by atoms with Gasteiger partial charge in [-0.15, -0.1) is 0 Å². The molecule has 1 amide bonds. The second-order valence-electron chi connectivity index (χ2n) is 5.08. The van der Waals surface area contributed by atoms with Gasteiger partial charge in [-0.25, -0.2) is 0 Å². The van der Waals surface area contributed by atoms with E-state index in [0.717, 1.165) is 18.3 Å². The summed E-state index contributed by atoms with van der Waals surface area (Å²) in [5, 5.41) is 14.0. The number of rotatable bonds is 3. The number of carbonyl (C=O) groups excluding carboxylic acids is 1. The molecule has 1 heterocycles. The zero-order valence-corrected chi connectivity index (χ0v) is 12.7. The molecule has 1 aliphatic carbocycles. The SMILES string of the molecule is C[C@@H]1CCc2c1c(O)c(C(=O)NC(C=S)=CN)c(=O)n2C. The molecule has 1 atom stereocenters. The molecule has 1 aliphatic rings. The quantitative estimate of drug-likeness (QED) is 0.563. The fourth-order valence-electron chi connectivity index (χ4n) is 2.67. The summed E-state index contributed by atoms with van der Waals surface area (Å²) in [5.74, 6) is -0.850. The lowest BCUT2D eigenvalue weighted by atomic mass is 10.0. The average Bonchev–Trinajstić information content (AvgIpc) is 2.84. The van der Waals surface area contributed by atoms with E-state index < -0.39 is 11.5 Å². The largest absolute Gasteiger partial charge is 0.507 e. The number of hydrogen-bond acceptors (Lipinski definition) is 5. The second-order valence-corrected chi connectivity index (χ2v) is 5.32. The number of allylic oxidation sites excluding steroid dienone is 1. The molecule has 21 heavy (non-hydrogen) atoms. The van der Waals surface area contributed by atoms with E-state index in [1.54, 1.807) is 7.05 Å². The van der Waals surface area contributed by atoms with Gasteiger partial charge in [0.25, 0.3) is 11.5 Å². The zero-order valence-electron chi connectivity index (χ0n) is 11.8. The molecule has 0 bridgehead atoms. The van der Waals surface area contributed by atoms with E-state index in [2.05, 4.69) is 5.32 Å². The average molecular weight is 307 g/mol. The van der Waals surface area contributed by atoms with Gasteiger partial charge in [0.2, 0.25) is 0 Å². The number of nitrogens with two attached hydrogens (primary N) is 1. The highest BCUT2D eigenvalue weighted by Gasteiger charge is 2.30. The van der Waals surface area contributed by atoms with Crippen molar-refractivity contribution in [2.45, 2.75) is 25.7 Å². The number of thiocarbonyl (C=S) groups is 1. The molecule has 112 valence electrons. The van der Waals surface area contributed by atoms with Gasteiger partial charge in [-0.2, -0.15) is 0 Å². The van der Waals surface area contributed by atoms with Crippen LogP contribution >= 0.6 is 12.2 Å². The number of carbonyl (C=O) groups is 1. The van der Waals surface area contributed by atoms with Gasteiger partial charge in [0, 0.05) is 29.9 Å². The Morgan fingerprint density at radius 3 is 2.81 bits per heavy atom. The van der Waals surface area contributed by atoms with E-state index in [9.17, 15) is 14.7 Å². The Morgan fingerprint density at radius 2 is 2.24 bits per heavy atom. The predicted molar refractivity (Wildman–Crippen MR) is 83.5 cm³/mol. The molecular weight excluding hydrogens is 290 g/mol. The lowest BCUT2D eigenvalue weighted by Gasteiger charge is -2.15. The zero-order chi connectivity index (χ0) is 15.7. The molecule has 0 fully saturated rings. The van der Waals surface area contributed by atoms with Crippen LogP contribution in [0.15, 0.2) is 16.7 Å². The molecule has 0 aliphatic heterocycles. The summed E-state index contributed by atoms with van der Waals surface area (Å²) in [6, 6.07) is 0. The van der Waals surface area contributed by atoms with Gasteiger partial charge in [-0.1, -0.05) is 19.1 Å². The summed E-state index contributed by atoms with van der Waals surface area (Å²) < 4.78 is 1.43. The first kappa shape index (κ1) is 15.2. The number of fused-ring (bicyclic) bond motifs is 1. The van der Waals surface area contributed by atoms with Crippen molar-refractivity contribution in [2.75, 3.05) is 0 Å². The van der Waals surface area contributed by atoms with E-state index in [-0.39, 0.29) is 22.9 Å². The maximum Gasteiger partial charge on any atom is 0.267 e. The lowest BCUT2D eigenvalue weighted by Crippen LogP contribution is -2.34. The first-order chi connectivity index (χ1) is 9.92. The van der Waals surface area contributed by atoms with Crippen molar-refractivity contribution in [1.29, 1.82) is 0 Å². The standard InChI is InChI=1S/C14H17N3O3S/c1-7-3-4-9-10(7)12(18)11(14(20)17(9)2)13(19)16-8(5-15)6-21/h5-7,18H,3-4,15H2,1-2H3,(H,16,19)/t7-/m1/s1. The lowest BCUT2D eigenvalue weighted by molar-refractivity contribution is 0.0963. The number of amides is 1. The minimum Gasteiger partial charge on any atom is -0.507 e. The van der Waals surface area contributed by atoms with Crippen molar-refractivity contribution >= 4 is 23.5 Å². The first-order valence-corrected chi connectivity index (χ1v) is 7.02. The second kappa shape index (κ2) is 5.69. The third-order valence-corrected chi connectivity index (χ3v) is 4.08. The van der Waals surface area contributed by atoms with Gasteiger partial charge >= 0.3 is 0 Å². The van der Waals surface area contributed by atoms with Crippen LogP contribution in [0, 0.1) is 0 Å². The molecule has 1 aromatic heterocycles. The molecule has 0 unspecified atom stereocenters. The summed E-state index contributed by atoms with van der Waals surface area (Å²) in [6.07, 6.45) is 2.68. The molecule has 6 nitrogen and oxygen atoms in total. The fourth-order valence-corrected chi connectivity index (χ4v) is 2.81. The smallest absolute Gasteiger partial charge is 0.267 e. The Kier molecular flexibility index (Phi) is 4.13. The molecule has 4 N–H and O–H groups in total. The molecule has 0 radical (unpaired) electrons. The third-order valence-electron chi connectivity index (χ3n) is 3.82. The molecule has 1 aromatic rings. The van der Waals surface area contributed by atoms with Crippen LogP contribution in [0.3, 0.4) is 0 Å². The van der Waals surface area contributed by atoms with Crippen molar-refractivity contribution in [3.63, 3.8) is 0 Å². The summed E-state index contributed by atoms with van der Waals surface area (Å²) in [5.41, 5.74) is 6.15. The summed E-state index contributed by atoms with van der Waals surface area (Å²) in [7, 11) is 1.61. The molecule has 0 spiro atoms. The van der Waals surface area contributed by atoms with Crippen molar-refractivity contribution in [1.82, 2.24) is 9.88 Å². The number of aromatic nitrogens is 1. The van der Waals surface area contributed by atoms with E-state index in [1.807, 2.05) is 6.92 Å². The fraction of sp³-hybridized carbons (Fsp3) is 0.357. The Labute approximate surface area is 127 Å². The van der Waals surface area contributed by atoms with Crippen LogP contribution in [0.2, 0.25) is 0 Å². The van der Waals surface area contributed by atoms with Crippen LogP contribution in [0.5, 0.6) is 5.75 Å². The minimum atomic E-state index is -0.715. The van der Waals surface area contributed by atoms with Crippen LogP contribution < -0.4 is 16.6 Å². The molecule has 0 aromatic carbocycles. The highest BCUT2D eigenvalue weighted by atomic mass is 32.1. The van der Waals surface area contributed by atoms with Gasteiger partial charge in [0.1, 0.15) is 11.3 Å². The van der Waals surface area contributed by atoms with Crippen LogP contribution in [-0.2, 0) is 13.5 Å². The topological polar surface area (TPSA) is 97.3 Å². The molecule has 0 saturated carbocycles. The monoisotopic (exact) mass is 307 g/mol. The maximum absolute atomic E-state index is 12.3. The number of nitrogens with zero attached hydrogens (tertiary/aromatic N) is 1. The number of hydrogen-bond donors (Lipinski definition) is 3. The summed E-state index contributed by atoms with van der Waals surface area (Å²) >= 11 is 4.70. The minimum absolute atomic E-state index is 0.105. The van der Waals surface area contributed by atoms with E-state index in [4.69, 9.17) is 18.0 Å². The third kappa shape index (κ3) is 2.44. The van der Waals surface area contributed by atoms with E-state index in [1.165, 1.54) is 9.93 Å². The Bertz CT molecular complexity index is 706. The van der Waals surface area contributed by atoms with Gasteiger partial charge in [0.15, 0.2) is 0 Å². The number of aromatic hydroxyl groups is 1. The van der Waals surface area contributed by atoms with Crippen molar-refractivity contribution < 1.29 is 9.90 Å². The van der Waals surface area contributed by atoms with Crippen LogP contribution in [0.1, 0.15) is 40.9 Å². The highest BCUT2D eigenvalue weighted by molar-refractivity contribution is 7.79. The van der Waals surface area contributed by atoms with Gasteiger partial charge in [-0.05, 0) is 18.8 Å². The van der Waals surface area contributed by atoms with Crippen LogP contribution in [0.25, 0.3) is 0 Å². The summed E-state index contributed by atoms with van der Waals surface area (Å²) in [4.78, 5) is 24.5. The molecule has 0 saturated heterocycles. The Balaban J connectivity index is 2.58. The Hall–Kier alpha value is -2.15. The van der Waals surface area contributed by atoms with Crippen molar-refractivity contribution in [3.8, 4) is 5.75 Å². The normalized spacial score (nSPS) is 17.4. The predicted octanol–water partition coefficient (Wildman–Crippen LogP) is 0.670. The summed E-state index contributed by atoms with van der Waals surface area (Å²) in [6.45, 7) is 1.96. The highest BCUT2D eigenvalue weighted by Crippen LogP contribution is 2.38. The van der Waals surface area contributed by atoms with Gasteiger partial charge in [-0.3, -0.25) is 9.59 Å². The number of pyridine rings is 1. The first-order valence-electron chi connectivity index (χ1n) is 6.55. The maximum atomic E-state index is 12.3. The van der Waals surface area contributed by atoms with E-state index in [0.29, 0.717) is 12.0 Å². The molecular formula is C14H17N3O3S. The number of nitrogens with one attached hydrogen (secondary N) is 1. The van der Waals surface area contributed by atoms with Crippen molar-refractivity contribution in [2.24, 2.45) is 12.8 Å². The van der Waals surface area contributed by atoms with E-state index >= 15 is 0 Å². The van der Waals surface area contributed by atoms with Crippen molar-refractivity contribution in [3.05, 3.63) is 39.1 Å². The molecule has 7 heteroatoms. The Morgan fingerprint density at radius 1 is 1.57 bits per heavy atom.